The lowest BCUT2D eigenvalue weighted by Gasteiger charge is -2.26. The Bertz CT molecular complexity index is 323. The van der Waals surface area contributed by atoms with E-state index in [1.54, 1.807) is 0 Å². The second-order valence-electron chi connectivity index (χ2n) is 4.37. The quantitative estimate of drug-likeness (QED) is 0.647. The summed E-state index contributed by atoms with van der Waals surface area (Å²) < 4.78 is 32.8. The molecule has 1 heterocycles. The smallest absolute Gasteiger partial charge is 0.279 e. The van der Waals surface area contributed by atoms with Crippen LogP contribution in [0, 0.1) is 5.92 Å². The molecule has 1 saturated carbocycles. The van der Waals surface area contributed by atoms with Gasteiger partial charge < -0.3 is 10.5 Å². The van der Waals surface area contributed by atoms with E-state index in [1.165, 1.54) is 4.31 Å². The summed E-state index contributed by atoms with van der Waals surface area (Å²) in [6.07, 6.45) is 2.25. The molecule has 3 N–H and O–H groups in total. The van der Waals surface area contributed by atoms with Crippen molar-refractivity contribution in [2.45, 2.75) is 18.9 Å². The highest BCUT2D eigenvalue weighted by molar-refractivity contribution is 7.87. The summed E-state index contributed by atoms with van der Waals surface area (Å²) in [7, 11) is -3.36. The van der Waals surface area contributed by atoms with E-state index < -0.39 is 10.2 Å². The fraction of sp³-hybridized carbons (Fsp3) is 1.00. The molecule has 2 rings (SSSR count). The van der Waals surface area contributed by atoms with Gasteiger partial charge in [0.1, 0.15) is 0 Å². The average molecular weight is 249 g/mol. The van der Waals surface area contributed by atoms with E-state index in [0.29, 0.717) is 38.8 Å². The van der Waals surface area contributed by atoms with E-state index in [1.807, 2.05) is 0 Å². The molecule has 0 aromatic rings. The molecule has 1 aliphatic carbocycles. The van der Waals surface area contributed by atoms with Crippen molar-refractivity contribution in [1.82, 2.24) is 9.03 Å². The van der Waals surface area contributed by atoms with E-state index in [4.69, 9.17) is 10.5 Å². The Kier molecular flexibility index (Phi) is 3.81. The van der Waals surface area contributed by atoms with Crippen molar-refractivity contribution < 1.29 is 13.2 Å². The molecule has 1 atom stereocenters. The molecule has 0 radical (unpaired) electrons. The summed E-state index contributed by atoms with van der Waals surface area (Å²) in [5.41, 5.74) is 5.85. The van der Waals surface area contributed by atoms with Gasteiger partial charge in [-0.15, -0.1) is 0 Å². The third-order valence-corrected chi connectivity index (χ3v) is 4.62. The van der Waals surface area contributed by atoms with Gasteiger partial charge in [0.25, 0.3) is 10.2 Å². The summed E-state index contributed by atoms with van der Waals surface area (Å²) in [6, 6.07) is -0.0455. The minimum Gasteiger partial charge on any atom is -0.379 e. The molecule has 6 nitrogen and oxygen atoms in total. The summed E-state index contributed by atoms with van der Waals surface area (Å²) >= 11 is 0. The van der Waals surface area contributed by atoms with Gasteiger partial charge in [-0.25, -0.2) is 4.72 Å². The van der Waals surface area contributed by atoms with Gasteiger partial charge >= 0.3 is 0 Å². The molecule has 0 bridgehead atoms. The number of nitrogens with one attached hydrogen (secondary N) is 1. The van der Waals surface area contributed by atoms with Gasteiger partial charge in [0.05, 0.1) is 13.2 Å². The predicted octanol–water partition coefficient (Wildman–Crippen LogP) is -1.11. The van der Waals surface area contributed by atoms with Crippen LogP contribution in [0.25, 0.3) is 0 Å². The molecule has 1 saturated heterocycles. The van der Waals surface area contributed by atoms with E-state index >= 15 is 0 Å². The maximum absolute atomic E-state index is 11.8. The molecule has 1 aliphatic heterocycles. The summed E-state index contributed by atoms with van der Waals surface area (Å²) in [5.74, 6) is 0.507. The lowest BCUT2D eigenvalue weighted by atomic mass is 10.2. The number of nitrogens with zero attached hydrogens (tertiary/aromatic N) is 1. The second-order valence-corrected chi connectivity index (χ2v) is 6.12. The highest BCUT2D eigenvalue weighted by Gasteiger charge is 2.30. The van der Waals surface area contributed by atoms with Crippen molar-refractivity contribution in [3.8, 4) is 0 Å². The van der Waals surface area contributed by atoms with Crippen LogP contribution < -0.4 is 10.5 Å². The molecular formula is C9H19N3O3S. The Morgan fingerprint density at radius 2 is 2.00 bits per heavy atom. The number of rotatable bonds is 5. The zero-order chi connectivity index (χ0) is 11.6. The average Bonchev–Trinajstić information content (AvgIpc) is 3.11. The standard InChI is InChI=1S/C9H19N3O3S/c10-9(8-1-2-8)7-11-16(13,14)12-3-5-15-6-4-12/h8-9,11H,1-7,10H2. The summed E-state index contributed by atoms with van der Waals surface area (Å²) in [4.78, 5) is 0. The Morgan fingerprint density at radius 1 is 1.38 bits per heavy atom. The minimum absolute atomic E-state index is 0.0455. The molecule has 7 heteroatoms. The minimum atomic E-state index is -3.36. The van der Waals surface area contributed by atoms with E-state index in [2.05, 4.69) is 4.72 Å². The van der Waals surface area contributed by atoms with Crippen molar-refractivity contribution >= 4 is 10.2 Å². The highest BCUT2D eigenvalue weighted by atomic mass is 32.2. The van der Waals surface area contributed by atoms with Crippen molar-refractivity contribution in [3.63, 3.8) is 0 Å². The van der Waals surface area contributed by atoms with Crippen molar-refractivity contribution in [2.75, 3.05) is 32.8 Å². The molecule has 94 valence electrons. The van der Waals surface area contributed by atoms with Crippen molar-refractivity contribution in [2.24, 2.45) is 11.7 Å². The SMILES string of the molecule is NC(CNS(=O)(=O)N1CCOCC1)C1CC1. The van der Waals surface area contributed by atoms with E-state index in [0.717, 1.165) is 12.8 Å². The Morgan fingerprint density at radius 3 is 2.56 bits per heavy atom. The molecule has 0 amide bonds. The molecule has 2 aliphatic rings. The van der Waals surface area contributed by atoms with Crippen LogP contribution in [0.2, 0.25) is 0 Å². The Balaban J connectivity index is 1.81. The Hall–Kier alpha value is -0.210. The molecular weight excluding hydrogens is 230 g/mol. The number of nitrogens with two attached hydrogens (primary N) is 1. The number of ether oxygens (including phenoxy) is 1. The van der Waals surface area contributed by atoms with Crippen LogP contribution in [0.15, 0.2) is 0 Å². The van der Waals surface area contributed by atoms with E-state index in [-0.39, 0.29) is 6.04 Å². The van der Waals surface area contributed by atoms with Gasteiger partial charge in [-0.2, -0.15) is 12.7 Å². The van der Waals surface area contributed by atoms with Crippen LogP contribution in [0.1, 0.15) is 12.8 Å². The number of hydrogen-bond donors (Lipinski definition) is 2. The summed E-state index contributed by atoms with van der Waals surface area (Å²) in [6.45, 7) is 2.12. The number of hydrogen-bond acceptors (Lipinski definition) is 4. The zero-order valence-corrected chi connectivity index (χ0v) is 10.1. The van der Waals surface area contributed by atoms with Crippen molar-refractivity contribution in [3.05, 3.63) is 0 Å². The first-order valence-corrected chi connectivity index (χ1v) is 7.11. The first-order chi connectivity index (χ1) is 7.59. The third kappa shape index (κ3) is 3.14. The van der Waals surface area contributed by atoms with Gasteiger partial charge in [-0.1, -0.05) is 0 Å². The van der Waals surface area contributed by atoms with Gasteiger partial charge in [0, 0.05) is 25.7 Å². The predicted molar refractivity (Wildman–Crippen MR) is 60.0 cm³/mol. The fourth-order valence-corrected chi connectivity index (χ4v) is 2.99. The van der Waals surface area contributed by atoms with Crippen LogP contribution in [0.5, 0.6) is 0 Å². The fourth-order valence-electron chi connectivity index (χ4n) is 1.77. The van der Waals surface area contributed by atoms with E-state index in [9.17, 15) is 8.42 Å². The molecule has 16 heavy (non-hydrogen) atoms. The largest absolute Gasteiger partial charge is 0.379 e. The molecule has 2 fully saturated rings. The highest BCUT2D eigenvalue weighted by Crippen LogP contribution is 2.31. The van der Waals surface area contributed by atoms with Crippen LogP contribution in [-0.2, 0) is 14.9 Å². The van der Waals surface area contributed by atoms with Gasteiger partial charge in [0.15, 0.2) is 0 Å². The van der Waals surface area contributed by atoms with Gasteiger partial charge in [0.2, 0.25) is 0 Å². The molecule has 0 spiro atoms. The lowest BCUT2D eigenvalue weighted by molar-refractivity contribution is 0.0724. The van der Waals surface area contributed by atoms with Crippen LogP contribution in [0.4, 0.5) is 0 Å². The summed E-state index contributed by atoms with van der Waals surface area (Å²) in [5, 5.41) is 0. The zero-order valence-electron chi connectivity index (χ0n) is 9.26. The first-order valence-electron chi connectivity index (χ1n) is 5.67. The molecule has 1 unspecified atom stereocenters. The lowest BCUT2D eigenvalue weighted by Crippen LogP contribution is -2.49. The molecule has 0 aromatic heterocycles. The second kappa shape index (κ2) is 4.97. The normalized spacial score (nSPS) is 25.6. The van der Waals surface area contributed by atoms with Gasteiger partial charge in [-0.05, 0) is 18.8 Å². The number of morpholine rings is 1. The maximum Gasteiger partial charge on any atom is 0.279 e. The maximum atomic E-state index is 11.8. The first kappa shape index (κ1) is 12.3. The van der Waals surface area contributed by atoms with Crippen molar-refractivity contribution in [1.29, 1.82) is 0 Å². The third-order valence-electron chi connectivity index (χ3n) is 3.04. The van der Waals surface area contributed by atoms with Crippen LogP contribution in [-0.4, -0.2) is 51.6 Å². The molecule has 0 aromatic carbocycles. The topological polar surface area (TPSA) is 84.7 Å². The van der Waals surface area contributed by atoms with Crippen LogP contribution in [0.3, 0.4) is 0 Å². The monoisotopic (exact) mass is 249 g/mol. The Labute approximate surface area is 96.3 Å². The van der Waals surface area contributed by atoms with Crippen LogP contribution >= 0.6 is 0 Å². The van der Waals surface area contributed by atoms with Gasteiger partial charge in [-0.3, -0.25) is 0 Å².